The van der Waals surface area contributed by atoms with Crippen molar-refractivity contribution in [2.75, 3.05) is 27.7 Å². The minimum atomic E-state index is -0.0832. The molecule has 146 valence electrons. The third-order valence-corrected chi connectivity index (χ3v) is 3.92. The highest BCUT2D eigenvalue weighted by molar-refractivity contribution is 5.79. The quantitative estimate of drug-likeness (QED) is 0.566. The molecule has 2 N–H and O–H groups in total. The number of nitrogens with zero attached hydrogens (tertiary/aromatic N) is 3. The molecule has 1 aromatic heterocycles. The molecule has 0 unspecified atom stereocenters. The molecule has 0 saturated heterocycles. The van der Waals surface area contributed by atoms with Crippen LogP contribution in [0.15, 0.2) is 33.7 Å². The van der Waals surface area contributed by atoms with E-state index in [4.69, 9.17) is 9.15 Å². The van der Waals surface area contributed by atoms with Gasteiger partial charge in [0.2, 0.25) is 5.89 Å². The van der Waals surface area contributed by atoms with Gasteiger partial charge in [0.05, 0.1) is 12.2 Å². The Kier molecular flexibility index (Phi) is 7.22. The summed E-state index contributed by atoms with van der Waals surface area (Å²) in [6.45, 7) is 4.82. The van der Waals surface area contributed by atoms with E-state index < -0.39 is 0 Å². The molecule has 1 amide bonds. The highest BCUT2D eigenvalue weighted by Gasteiger charge is 2.07. The lowest BCUT2D eigenvalue weighted by Crippen LogP contribution is -2.36. The summed E-state index contributed by atoms with van der Waals surface area (Å²) in [7, 11) is 5.10. The minimum absolute atomic E-state index is 0.0160. The van der Waals surface area contributed by atoms with Crippen LogP contribution < -0.4 is 15.4 Å². The van der Waals surface area contributed by atoms with Gasteiger partial charge in [-0.3, -0.25) is 9.79 Å². The molecule has 1 aromatic carbocycles. The van der Waals surface area contributed by atoms with Crippen LogP contribution in [-0.4, -0.2) is 49.5 Å². The van der Waals surface area contributed by atoms with Crippen molar-refractivity contribution in [3.05, 3.63) is 47.2 Å². The molecular weight excluding hydrogens is 346 g/mol. The van der Waals surface area contributed by atoms with Gasteiger partial charge in [0, 0.05) is 27.7 Å². The number of aliphatic imine (C=N–C) groups is 1. The molecule has 8 heteroatoms. The lowest BCUT2D eigenvalue weighted by Gasteiger charge is -2.13. The van der Waals surface area contributed by atoms with Crippen molar-refractivity contribution in [1.29, 1.82) is 0 Å². The van der Waals surface area contributed by atoms with E-state index in [1.165, 1.54) is 4.90 Å². The molecule has 0 aliphatic carbocycles. The van der Waals surface area contributed by atoms with Crippen LogP contribution in [0.5, 0.6) is 5.75 Å². The van der Waals surface area contributed by atoms with E-state index >= 15 is 0 Å². The lowest BCUT2D eigenvalue weighted by atomic mass is 10.2. The van der Waals surface area contributed by atoms with E-state index in [-0.39, 0.29) is 12.5 Å². The van der Waals surface area contributed by atoms with Gasteiger partial charge < -0.3 is 24.7 Å². The third kappa shape index (κ3) is 6.32. The molecule has 0 bridgehead atoms. The van der Waals surface area contributed by atoms with Crippen LogP contribution in [0.4, 0.5) is 0 Å². The Bertz CT molecular complexity index is 779. The zero-order chi connectivity index (χ0) is 19.8. The number of nitrogens with one attached hydrogen (secondary N) is 2. The smallest absolute Gasteiger partial charge is 0.259 e. The maximum absolute atomic E-state index is 11.6. The van der Waals surface area contributed by atoms with Crippen molar-refractivity contribution in [3.63, 3.8) is 0 Å². The van der Waals surface area contributed by atoms with Crippen LogP contribution >= 0.6 is 0 Å². The molecule has 0 aliphatic rings. The van der Waals surface area contributed by atoms with Gasteiger partial charge in [0.15, 0.2) is 12.6 Å². The van der Waals surface area contributed by atoms with Crippen molar-refractivity contribution in [1.82, 2.24) is 20.5 Å². The fraction of sp³-hybridized carbons (Fsp3) is 0.421. The number of carbonyl (C=O) groups is 1. The van der Waals surface area contributed by atoms with Gasteiger partial charge >= 0.3 is 0 Å². The Morgan fingerprint density at radius 2 is 2.00 bits per heavy atom. The zero-order valence-corrected chi connectivity index (χ0v) is 16.5. The summed E-state index contributed by atoms with van der Waals surface area (Å²) in [6, 6.07) is 7.58. The average Bonchev–Trinajstić information content (AvgIpc) is 2.97. The third-order valence-electron chi connectivity index (χ3n) is 3.92. The number of likely N-dealkylation sites (N-methyl/N-ethyl adjacent to an activating group) is 1. The predicted octanol–water partition coefficient (Wildman–Crippen LogP) is 1.62. The summed E-state index contributed by atoms with van der Waals surface area (Å²) in [5.41, 5.74) is 1.90. The van der Waals surface area contributed by atoms with Gasteiger partial charge in [-0.2, -0.15) is 0 Å². The standard InChI is InChI=1S/C19H27N5O3/c1-13-14(2)27-17(23-13)11-22-19(20-3)21-10-15-7-6-8-16(9-15)26-12-18(25)24(4)5/h6-9H,10-12H2,1-5H3,(H2,20,21,22). The largest absolute Gasteiger partial charge is 0.484 e. The number of guanidine groups is 1. The fourth-order valence-electron chi connectivity index (χ4n) is 2.20. The first kappa shape index (κ1) is 20.3. The Morgan fingerprint density at radius 3 is 2.63 bits per heavy atom. The molecule has 1 heterocycles. The first-order chi connectivity index (χ1) is 12.9. The van der Waals surface area contributed by atoms with Gasteiger partial charge in [0.25, 0.3) is 5.91 Å². The van der Waals surface area contributed by atoms with Gasteiger partial charge in [-0.1, -0.05) is 12.1 Å². The molecule has 0 spiro atoms. The van der Waals surface area contributed by atoms with Crippen molar-refractivity contribution >= 4 is 11.9 Å². The number of ether oxygens (including phenoxy) is 1. The van der Waals surface area contributed by atoms with Gasteiger partial charge in [-0.05, 0) is 31.5 Å². The summed E-state index contributed by atoms with van der Waals surface area (Å²) in [5, 5.41) is 6.39. The van der Waals surface area contributed by atoms with Crippen LogP contribution in [0.3, 0.4) is 0 Å². The molecule has 0 atom stereocenters. The van der Waals surface area contributed by atoms with E-state index in [1.54, 1.807) is 21.1 Å². The summed E-state index contributed by atoms with van der Waals surface area (Å²) in [5.74, 6) is 2.64. The Balaban J connectivity index is 1.85. The van der Waals surface area contributed by atoms with E-state index in [9.17, 15) is 4.79 Å². The summed E-state index contributed by atoms with van der Waals surface area (Å²) >= 11 is 0. The Hall–Kier alpha value is -3.03. The molecule has 0 aliphatic heterocycles. The monoisotopic (exact) mass is 373 g/mol. The highest BCUT2D eigenvalue weighted by Crippen LogP contribution is 2.13. The first-order valence-corrected chi connectivity index (χ1v) is 8.68. The predicted molar refractivity (Wildman–Crippen MR) is 104 cm³/mol. The highest BCUT2D eigenvalue weighted by atomic mass is 16.5. The molecule has 0 saturated carbocycles. The lowest BCUT2D eigenvalue weighted by molar-refractivity contribution is -0.130. The van der Waals surface area contributed by atoms with Crippen LogP contribution in [0.1, 0.15) is 22.9 Å². The first-order valence-electron chi connectivity index (χ1n) is 8.68. The van der Waals surface area contributed by atoms with E-state index in [1.807, 2.05) is 38.1 Å². The normalized spacial score (nSPS) is 11.2. The average molecular weight is 373 g/mol. The van der Waals surface area contributed by atoms with Crippen molar-refractivity contribution in [3.8, 4) is 5.75 Å². The number of carbonyl (C=O) groups excluding carboxylic acids is 1. The second-order valence-electron chi connectivity index (χ2n) is 6.25. The van der Waals surface area contributed by atoms with Crippen molar-refractivity contribution in [2.45, 2.75) is 26.9 Å². The number of benzene rings is 1. The molecule has 8 nitrogen and oxygen atoms in total. The molecular formula is C19H27N5O3. The van der Waals surface area contributed by atoms with Crippen molar-refractivity contribution < 1.29 is 13.9 Å². The number of hydrogen-bond donors (Lipinski definition) is 2. The number of oxazole rings is 1. The maximum Gasteiger partial charge on any atom is 0.259 e. The topological polar surface area (TPSA) is 92.0 Å². The SMILES string of the molecule is CN=C(NCc1cccc(OCC(=O)N(C)C)c1)NCc1nc(C)c(C)o1. The van der Waals surface area contributed by atoms with Crippen LogP contribution in [-0.2, 0) is 17.9 Å². The zero-order valence-electron chi connectivity index (χ0n) is 16.5. The minimum Gasteiger partial charge on any atom is -0.484 e. The number of aryl methyl sites for hydroxylation is 2. The maximum atomic E-state index is 11.6. The molecule has 0 radical (unpaired) electrons. The van der Waals surface area contributed by atoms with Crippen LogP contribution in [0.25, 0.3) is 0 Å². The number of hydrogen-bond acceptors (Lipinski definition) is 5. The number of rotatable bonds is 7. The van der Waals surface area contributed by atoms with Gasteiger partial charge in [-0.25, -0.2) is 4.98 Å². The van der Waals surface area contributed by atoms with E-state index in [2.05, 4.69) is 20.6 Å². The van der Waals surface area contributed by atoms with E-state index in [0.29, 0.717) is 30.7 Å². The Labute approximate surface area is 159 Å². The summed E-state index contributed by atoms with van der Waals surface area (Å²) in [4.78, 5) is 21.6. The molecule has 27 heavy (non-hydrogen) atoms. The molecule has 2 aromatic rings. The molecule has 2 rings (SSSR count). The van der Waals surface area contributed by atoms with Crippen LogP contribution in [0, 0.1) is 13.8 Å². The Morgan fingerprint density at radius 1 is 1.26 bits per heavy atom. The second kappa shape index (κ2) is 9.61. The summed E-state index contributed by atoms with van der Waals surface area (Å²) in [6.07, 6.45) is 0. The van der Waals surface area contributed by atoms with Crippen LogP contribution in [0.2, 0.25) is 0 Å². The van der Waals surface area contributed by atoms with Gasteiger partial charge in [0.1, 0.15) is 11.5 Å². The fourth-order valence-corrected chi connectivity index (χ4v) is 2.20. The summed E-state index contributed by atoms with van der Waals surface area (Å²) < 4.78 is 11.1. The van der Waals surface area contributed by atoms with Crippen molar-refractivity contribution in [2.24, 2.45) is 4.99 Å². The number of amides is 1. The van der Waals surface area contributed by atoms with Gasteiger partial charge in [-0.15, -0.1) is 0 Å². The molecule has 0 fully saturated rings. The second-order valence-corrected chi connectivity index (χ2v) is 6.25. The number of aromatic nitrogens is 1. The van der Waals surface area contributed by atoms with E-state index in [0.717, 1.165) is 17.0 Å².